The molecule has 1 aromatic rings. The second-order valence-corrected chi connectivity index (χ2v) is 6.42. The molecule has 2 aliphatic rings. The van der Waals surface area contributed by atoms with Crippen LogP contribution in [-0.4, -0.2) is 48.4 Å². The van der Waals surface area contributed by atoms with Crippen LogP contribution in [0.1, 0.15) is 25.3 Å². The van der Waals surface area contributed by atoms with Gasteiger partial charge in [0.1, 0.15) is 0 Å². The SMILES string of the molecule is CC(=O)N(C)Cc1ccccc1NC1CCN2CCC1C2. The molecule has 2 saturated heterocycles. The van der Waals surface area contributed by atoms with E-state index in [1.165, 1.54) is 43.7 Å². The number of fused-ring (bicyclic) bond motifs is 2. The van der Waals surface area contributed by atoms with Crippen molar-refractivity contribution < 1.29 is 4.79 Å². The molecule has 114 valence electrons. The van der Waals surface area contributed by atoms with Gasteiger partial charge in [0.15, 0.2) is 0 Å². The minimum Gasteiger partial charge on any atom is -0.382 e. The highest BCUT2D eigenvalue weighted by Gasteiger charge is 2.34. The molecule has 2 bridgehead atoms. The fourth-order valence-electron chi connectivity index (χ4n) is 3.51. The van der Waals surface area contributed by atoms with Gasteiger partial charge in [0.2, 0.25) is 5.91 Å². The summed E-state index contributed by atoms with van der Waals surface area (Å²) in [5, 5.41) is 3.76. The Labute approximate surface area is 127 Å². The maximum absolute atomic E-state index is 11.5. The van der Waals surface area contributed by atoms with E-state index in [0.717, 1.165) is 5.92 Å². The first-order valence-corrected chi connectivity index (χ1v) is 7.92. The Morgan fingerprint density at radius 2 is 2.10 bits per heavy atom. The van der Waals surface area contributed by atoms with Gasteiger partial charge in [-0.15, -0.1) is 0 Å². The van der Waals surface area contributed by atoms with Crippen molar-refractivity contribution in [1.82, 2.24) is 9.80 Å². The summed E-state index contributed by atoms with van der Waals surface area (Å²) in [6, 6.07) is 8.96. The zero-order valence-electron chi connectivity index (χ0n) is 13.0. The quantitative estimate of drug-likeness (QED) is 0.922. The minimum absolute atomic E-state index is 0.105. The van der Waals surface area contributed by atoms with Crippen molar-refractivity contribution in [3.05, 3.63) is 29.8 Å². The Hall–Kier alpha value is -1.55. The molecule has 4 nitrogen and oxygen atoms in total. The molecule has 2 aliphatic heterocycles. The molecule has 0 aromatic heterocycles. The van der Waals surface area contributed by atoms with Crippen molar-refractivity contribution in [2.45, 2.75) is 32.4 Å². The summed E-state index contributed by atoms with van der Waals surface area (Å²) in [6.07, 6.45) is 2.54. The maximum Gasteiger partial charge on any atom is 0.219 e. The zero-order chi connectivity index (χ0) is 14.8. The maximum atomic E-state index is 11.5. The van der Waals surface area contributed by atoms with E-state index in [1.807, 2.05) is 13.1 Å². The first-order chi connectivity index (χ1) is 10.1. The molecular formula is C17H25N3O. The number of benzene rings is 1. The second kappa shape index (κ2) is 6.06. The van der Waals surface area contributed by atoms with E-state index in [2.05, 4.69) is 28.4 Å². The highest BCUT2D eigenvalue weighted by molar-refractivity contribution is 5.73. The van der Waals surface area contributed by atoms with Crippen LogP contribution in [0, 0.1) is 5.92 Å². The summed E-state index contributed by atoms with van der Waals surface area (Å²) in [7, 11) is 1.86. The van der Waals surface area contributed by atoms with Crippen LogP contribution in [0.5, 0.6) is 0 Å². The van der Waals surface area contributed by atoms with Gasteiger partial charge in [-0.2, -0.15) is 0 Å². The monoisotopic (exact) mass is 287 g/mol. The first kappa shape index (κ1) is 14.4. The Bertz CT molecular complexity index is 517. The molecule has 2 fully saturated rings. The summed E-state index contributed by atoms with van der Waals surface area (Å²) < 4.78 is 0. The summed E-state index contributed by atoms with van der Waals surface area (Å²) in [6.45, 7) is 6.00. The third-order valence-electron chi connectivity index (χ3n) is 4.94. The number of carbonyl (C=O) groups is 1. The van der Waals surface area contributed by atoms with Crippen molar-refractivity contribution in [3.8, 4) is 0 Å². The highest BCUT2D eigenvalue weighted by atomic mass is 16.2. The van der Waals surface area contributed by atoms with Crippen LogP contribution in [0.4, 0.5) is 5.69 Å². The fraction of sp³-hybridized carbons (Fsp3) is 0.588. The van der Waals surface area contributed by atoms with Crippen LogP contribution in [0.25, 0.3) is 0 Å². The molecule has 1 aromatic carbocycles. The van der Waals surface area contributed by atoms with Crippen molar-refractivity contribution in [2.75, 3.05) is 32.0 Å². The highest BCUT2D eigenvalue weighted by Crippen LogP contribution is 2.30. The molecule has 1 N–H and O–H groups in total. The minimum atomic E-state index is 0.105. The number of rotatable bonds is 4. The molecule has 4 heteroatoms. The van der Waals surface area contributed by atoms with E-state index in [0.29, 0.717) is 12.6 Å². The van der Waals surface area contributed by atoms with Crippen LogP contribution in [0.15, 0.2) is 24.3 Å². The molecule has 21 heavy (non-hydrogen) atoms. The lowest BCUT2D eigenvalue weighted by Crippen LogP contribution is -2.39. The molecule has 3 atom stereocenters. The van der Waals surface area contributed by atoms with Gasteiger partial charge in [-0.3, -0.25) is 4.79 Å². The van der Waals surface area contributed by atoms with E-state index >= 15 is 0 Å². The van der Waals surface area contributed by atoms with Gasteiger partial charge < -0.3 is 15.1 Å². The predicted octanol–water partition coefficient (Wildman–Crippen LogP) is 2.17. The molecule has 0 spiro atoms. The van der Waals surface area contributed by atoms with Crippen molar-refractivity contribution >= 4 is 11.6 Å². The molecule has 0 saturated carbocycles. The third-order valence-corrected chi connectivity index (χ3v) is 4.94. The average molecular weight is 287 g/mol. The van der Waals surface area contributed by atoms with E-state index < -0.39 is 0 Å². The Morgan fingerprint density at radius 3 is 2.90 bits per heavy atom. The summed E-state index contributed by atoms with van der Waals surface area (Å²) >= 11 is 0. The van der Waals surface area contributed by atoms with Gasteiger partial charge >= 0.3 is 0 Å². The van der Waals surface area contributed by atoms with Gasteiger partial charge in [0.05, 0.1) is 0 Å². The van der Waals surface area contributed by atoms with Crippen molar-refractivity contribution in [1.29, 1.82) is 0 Å². The summed E-state index contributed by atoms with van der Waals surface area (Å²) in [5.41, 5.74) is 2.39. The zero-order valence-corrected chi connectivity index (χ0v) is 13.0. The molecule has 3 rings (SSSR count). The number of amides is 1. The van der Waals surface area contributed by atoms with E-state index in [9.17, 15) is 4.79 Å². The predicted molar refractivity (Wildman–Crippen MR) is 85.2 cm³/mol. The van der Waals surface area contributed by atoms with Gasteiger partial charge in [0, 0.05) is 45.3 Å². The summed E-state index contributed by atoms with van der Waals surface area (Å²) in [5.74, 6) is 0.881. The molecule has 0 radical (unpaired) electrons. The molecule has 1 amide bonds. The summed E-state index contributed by atoms with van der Waals surface area (Å²) in [4.78, 5) is 15.8. The topological polar surface area (TPSA) is 35.6 Å². The lowest BCUT2D eigenvalue weighted by Gasteiger charge is -2.32. The van der Waals surface area contributed by atoms with Crippen LogP contribution < -0.4 is 5.32 Å². The lowest BCUT2D eigenvalue weighted by molar-refractivity contribution is -0.128. The Kier molecular flexibility index (Phi) is 4.15. The number of anilines is 1. The van der Waals surface area contributed by atoms with Crippen LogP contribution in [0.2, 0.25) is 0 Å². The number of piperidine rings is 1. The van der Waals surface area contributed by atoms with Crippen LogP contribution in [-0.2, 0) is 11.3 Å². The number of nitrogens with one attached hydrogen (secondary N) is 1. The Morgan fingerprint density at radius 1 is 1.33 bits per heavy atom. The Balaban J connectivity index is 1.71. The fourth-order valence-corrected chi connectivity index (χ4v) is 3.51. The van der Waals surface area contributed by atoms with Crippen LogP contribution >= 0.6 is 0 Å². The number of carbonyl (C=O) groups excluding carboxylic acids is 1. The molecular weight excluding hydrogens is 262 g/mol. The molecule has 3 unspecified atom stereocenters. The van der Waals surface area contributed by atoms with Gasteiger partial charge in [-0.05, 0) is 36.9 Å². The van der Waals surface area contributed by atoms with Crippen LogP contribution in [0.3, 0.4) is 0 Å². The largest absolute Gasteiger partial charge is 0.382 e. The van der Waals surface area contributed by atoms with Crippen molar-refractivity contribution in [3.63, 3.8) is 0 Å². The number of para-hydroxylation sites is 1. The molecule has 0 aliphatic carbocycles. The van der Waals surface area contributed by atoms with Crippen molar-refractivity contribution in [2.24, 2.45) is 5.92 Å². The van der Waals surface area contributed by atoms with Gasteiger partial charge in [-0.25, -0.2) is 0 Å². The third kappa shape index (κ3) is 3.21. The van der Waals surface area contributed by atoms with Gasteiger partial charge in [0.25, 0.3) is 0 Å². The lowest BCUT2D eigenvalue weighted by atomic mass is 9.93. The first-order valence-electron chi connectivity index (χ1n) is 7.92. The standard InChI is InChI=1S/C17H25N3O/c1-13(21)19(2)11-14-5-3-4-6-16(14)18-17-8-10-20-9-7-15(17)12-20/h3-6,15,17-18H,7-12H2,1-2H3. The normalized spacial score (nSPS) is 27.4. The molecule has 2 heterocycles. The van der Waals surface area contributed by atoms with E-state index in [4.69, 9.17) is 0 Å². The number of nitrogens with zero attached hydrogens (tertiary/aromatic N) is 2. The number of hydrogen-bond donors (Lipinski definition) is 1. The number of hydrogen-bond acceptors (Lipinski definition) is 3. The van der Waals surface area contributed by atoms with E-state index in [-0.39, 0.29) is 5.91 Å². The average Bonchev–Trinajstić information content (AvgIpc) is 2.86. The smallest absolute Gasteiger partial charge is 0.219 e. The van der Waals surface area contributed by atoms with Gasteiger partial charge in [-0.1, -0.05) is 18.2 Å². The van der Waals surface area contributed by atoms with E-state index in [1.54, 1.807) is 11.8 Å². The second-order valence-electron chi connectivity index (χ2n) is 6.42.